The fourth-order valence-electron chi connectivity index (χ4n) is 2.55. The van der Waals surface area contributed by atoms with E-state index in [1.54, 1.807) is 6.07 Å². The molecule has 0 atom stereocenters. The molecule has 0 bridgehead atoms. The molecule has 23 heavy (non-hydrogen) atoms. The summed E-state index contributed by atoms with van der Waals surface area (Å²) in [6.45, 7) is 5.08. The van der Waals surface area contributed by atoms with Crippen molar-refractivity contribution in [2.24, 2.45) is 0 Å². The van der Waals surface area contributed by atoms with Crippen molar-refractivity contribution in [3.63, 3.8) is 0 Å². The van der Waals surface area contributed by atoms with E-state index < -0.39 is 0 Å². The van der Waals surface area contributed by atoms with Crippen molar-refractivity contribution in [3.05, 3.63) is 77.1 Å². The molecular formula is C19H21N3O. The van der Waals surface area contributed by atoms with Crippen molar-refractivity contribution in [2.75, 3.05) is 0 Å². The lowest BCUT2D eigenvalue weighted by Gasteiger charge is -2.06. The first-order chi connectivity index (χ1) is 11.1. The van der Waals surface area contributed by atoms with Crippen molar-refractivity contribution in [3.8, 4) is 5.75 Å². The van der Waals surface area contributed by atoms with E-state index in [2.05, 4.69) is 48.4 Å². The summed E-state index contributed by atoms with van der Waals surface area (Å²) in [6, 6.07) is 15.9. The van der Waals surface area contributed by atoms with E-state index >= 15 is 0 Å². The Hall–Kier alpha value is -2.62. The monoisotopic (exact) mass is 307 g/mol. The minimum Gasteiger partial charge on any atom is -0.508 e. The van der Waals surface area contributed by atoms with Gasteiger partial charge < -0.3 is 5.11 Å². The number of nitrogens with zero attached hydrogens (tertiary/aromatic N) is 3. The van der Waals surface area contributed by atoms with Crippen molar-refractivity contribution in [2.45, 2.75) is 32.7 Å². The molecule has 0 saturated heterocycles. The quantitative estimate of drug-likeness (QED) is 0.781. The fourth-order valence-corrected chi connectivity index (χ4v) is 2.55. The third-order valence-corrected chi connectivity index (χ3v) is 3.94. The molecule has 118 valence electrons. The van der Waals surface area contributed by atoms with Crippen LogP contribution in [0, 0.1) is 0 Å². The molecule has 4 nitrogen and oxygen atoms in total. The van der Waals surface area contributed by atoms with Crippen molar-refractivity contribution in [1.29, 1.82) is 0 Å². The Morgan fingerprint density at radius 2 is 1.78 bits per heavy atom. The van der Waals surface area contributed by atoms with Gasteiger partial charge in [-0.2, -0.15) is 0 Å². The number of benzene rings is 2. The normalized spacial score (nSPS) is 11.1. The predicted molar refractivity (Wildman–Crippen MR) is 90.6 cm³/mol. The number of phenolic OH excluding ortho intramolecular Hbond substituents is 1. The van der Waals surface area contributed by atoms with Gasteiger partial charge in [-0.05, 0) is 28.7 Å². The van der Waals surface area contributed by atoms with Crippen LogP contribution in [0.4, 0.5) is 0 Å². The maximum Gasteiger partial charge on any atom is 0.119 e. The van der Waals surface area contributed by atoms with Crippen LogP contribution < -0.4 is 0 Å². The Morgan fingerprint density at radius 3 is 2.48 bits per heavy atom. The van der Waals surface area contributed by atoms with E-state index in [1.807, 2.05) is 29.1 Å². The molecule has 1 aromatic heterocycles. The predicted octanol–water partition coefficient (Wildman–Crippen LogP) is 3.75. The first-order valence-electron chi connectivity index (χ1n) is 7.86. The lowest BCUT2D eigenvalue weighted by Crippen LogP contribution is -2.00. The van der Waals surface area contributed by atoms with Gasteiger partial charge in [-0.25, -0.2) is 4.68 Å². The van der Waals surface area contributed by atoms with Crippen LogP contribution in [-0.4, -0.2) is 20.1 Å². The van der Waals surface area contributed by atoms with Crippen molar-refractivity contribution >= 4 is 0 Å². The van der Waals surface area contributed by atoms with Crippen molar-refractivity contribution in [1.82, 2.24) is 15.0 Å². The van der Waals surface area contributed by atoms with Crippen molar-refractivity contribution < 1.29 is 5.11 Å². The zero-order valence-electron chi connectivity index (χ0n) is 13.5. The third kappa shape index (κ3) is 3.77. The molecule has 0 aliphatic heterocycles. The summed E-state index contributed by atoms with van der Waals surface area (Å²) >= 11 is 0. The summed E-state index contributed by atoms with van der Waals surface area (Å²) in [4.78, 5) is 0. The van der Waals surface area contributed by atoms with Gasteiger partial charge in [0, 0.05) is 12.6 Å². The van der Waals surface area contributed by atoms with Gasteiger partial charge in [0.25, 0.3) is 0 Å². The van der Waals surface area contributed by atoms with E-state index in [0.29, 0.717) is 24.6 Å². The SMILES string of the molecule is CC(C)c1ccc(Cn2cc(Cc3ccccc3O)nn2)cc1. The second kappa shape index (κ2) is 6.65. The van der Waals surface area contributed by atoms with E-state index in [1.165, 1.54) is 11.1 Å². The molecule has 1 N–H and O–H groups in total. The van der Waals surface area contributed by atoms with E-state index in [9.17, 15) is 5.11 Å². The first-order valence-corrected chi connectivity index (χ1v) is 7.86. The van der Waals surface area contributed by atoms with Crippen LogP contribution in [0.5, 0.6) is 5.75 Å². The Bertz CT molecular complexity index is 775. The van der Waals surface area contributed by atoms with Crippen LogP contribution in [0.1, 0.15) is 42.1 Å². The summed E-state index contributed by atoms with van der Waals surface area (Å²) in [7, 11) is 0. The molecule has 0 spiro atoms. The van der Waals surface area contributed by atoms with Crippen LogP contribution in [0.3, 0.4) is 0 Å². The number of rotatable bonds is 5. The largest absolute Gasteiger partial charge is 0.508 e. The summed E-state index contributed by atoms with van der Waals surface area (Å²) in [5, 5.41) is 18.2. The van der Waals surface area contributed by atoms with Gasteiger partial charge in [0.1, 0.15) is 5.75 Å². The molecule has 0 aliphatic carbocycles. The maximum atomic E-state index is 9.83. The Kier molecular flexibility index (Phi) is 4.42. The summed E-state index contributed by atoms with van der Waals surface area (Å²) in [6.07, 6.45) is 2.52. The van der Waals surface area contributed by atoms with Gasteiger partial charge in [0.15, 0.2) is 0 Å². The number of aromatic hydroxyl groups is 1. The molecule has 0 fully saturated rings. The zero-order valence-corrected chi connectivity index (χ0v) is 13.5. The second-order valence-electron chi connectivity index (χ2n) is 6.11. The lowest BCUT2D eigenvalue weighted by atomic mass is 10.0. The molecule has 0 saturated carbocycles. The Balaban J connectivity index is 1.68. The summed E-state index contributed by atoms with van der Waals surface area (Å²) < 4.78 is 1.83. The standard InChI is InChI=1S/C19H21N3O/c1-14(2)16-9-7-15(8-10-16)12-22-13-18(20-21-22)11-17-5-3-4-6-19(17)23/h3-10,13-14,23H,11-12H2,1-2H3. The highest BCUT2D eigenvalue weighted by molar-refractivity contribution is 5.34. The minimum absolute atomic E-state index is 0.298. The Morgan fingerprint density at radius 1 is 1.04 bits per heavy atom. The van der Waals surface area contributed by atoms with E-state index in [-0.39, 0.29) is 0 Å². The zero-order chi connectivity index (χ0) is 16.2. The van der Waals surface area contributed by atoms with Gasteiger partial charge in [-0.3, -0.25) is 0 Å². The second-order valence-corrected chi connectivity index (χ2v) is 6.11. The summed E-state index contributed by atoms with van der Waals surface area (Å²) in [5.41, 5.74) is 4.26. The molecular weight excluding hydrogens is 286 g/mol. The first kappa shape index (κ1) is 15.3. The molecule has 0 amide bonds. The van der Waals surface area contributed by atoms with Gasteiger partial charge >= 0.3 is 0 Å². The van der Waals surface area contributed by atoms with Crippen LogP contribution in [0.2, 0.25) is 0 Å². The van der Waals surface area contributed by atoms with E-state index in [4.69, 9.17) is 0 Å². The lowest BCUT2D eigenvalue weighted by molar-refractivity contribution is 0.469. The molecule has 1 heterocycles. The number of hydrogen-bond donors (Lipinski definition) is 1. The average Bonchev–Trinajstić information content (AvgIpc) is 2.97. The third-order valence-electron chi connectivity index (χ3n) is 3.94. The van der Waals surface area contributed by atoms with Crippen LogP contribution in [0.15, 0.2) is 54.7 Å². The molecule has 4 heteroatoms. The number of phenols is 1. The molecule has 2 aromatic carbocycles. The van der Waals surface area contributed by atoms with Crippen LogP contribution in [0.25, 0.3) is 0 Å². The molecule has 3 aromatic rings. The van der Waals surface area contributed by atoms with E-state index in [0.717, 1.165) is 11.3 Å². The molecule has 0 radical (unpaired) electrons. The molecule has 0 unspecified atom stereocenters. The van der Waals surface area contributed by atoms with Gasteiger partial charge in [-0.15, -0.1) is 5.10 Å². The maximum absolute atomic E-state index is 9.83. The number of para-hydroxylation sites is 1. The Labute approximate surface area is 136 Å². The van der Waals surface area contributed by atoms with Gasteiger partial charge in [-0.1, -0.05) is 61.5 Å². The number of aromatic nitrogens is 3. The highest BCUT2D eigenvalue weighted by atomic mass is 16.3. The molecule has 0 aliphatic rings. The number of hydrogen-bond acceptors (Lipinski definition) is 3. The van der Waals surface area contributed by atoms with Crippen LogP contribution >= 0.6 is 0 Å². The average molecular weight is 307 g/mol. The molecule has 3 rings (SSSR count). The highest BCUT2D eigenvalue weighted by Crippen LogP contribution is 2.19. The highest BCUT2D eigenvalue weighted by Gasteiger charge is 2.06. The smallest absolute Gasteiger partial charge is 0.119 e. The minimum atomic E-state index is 0.298. The summed E-state index contributed by atoms with van der Waals surface area (Å²) in [5.74, 6) is 0.840. The van der Waals surface area contributed by atoms with Crippen LogP contribution in [-0.2, 0) is 13.0 Å². The topological polar surface area (TPSA) is 50.9 Å². The van der Waals surface area contributed by atoms with Gasteiger partial charge in [0.05, 0.1) is 12.2 Å². The fraction of sp³-hybridized carbons (Fsp3) is 0.263. The van der Waals surface area contributed by atoms with Gasteiger partial charge in [0.2, 0.25) is 0 Å².